The molecule has 4 heterocycles. The summed E-state index contributed by atoms with van der Waals surface area (Å²) in [6, 6.07) is 5.25. The second kappa shape index (κ2) is 6.96. The first-order valence-corrected chi connectivity index (χ1v) is 8.97. The molecule has 4 rings (SSSR count). The monoisotopic (exact) mass is 367 g/mol. The Morgan fingerprint density at radius 3 is 2.70 bits per heavy atom. The van der Waals surface area contributed by atoms with Crippen molar-refractivity contribution in [2.24, 2.45) is 13.0 Å². The number of rotatable bonds is 3. The van der Waals surface area contributed by atoms with Crippen LogP contribution in [0.4, 0.5) is 0 Å². The average Bonchev–Trinajstić information content (AvgIpc) is 3.13. The molecule has 3 aromatic rings. The van der Waals surface area contributed by atoms with E-state index >= 15 is 0 Å². The normalized spacial score (nSPS) is 16.6. The lowest BCUT2D eigenvalue weighted by Gasteiger charge is -2.33. The Balaban J connectivity index is 1.48. The third kappa shape index (κ3) is 3.12. The van der Waals surface area contributed by atoms with E-state index in [9.17, 15) is 14.7 Å². The molecule has 0 aromatic carbocycles. The van der Waals surface area contributed by atoms with Crippen molar-refractivity contribution in [3.05, 3.63) is 64.7 Å². The van der Waals surface area contributed by atoms with Gasteiger partial charge in [0, 0.05) is 44.9 Å². The van der Waals surface area contributed by atoms with Gasteiger partial charge in [-0.25, -0.2) is 9.97 Å². The van der Waals surface area contributed by atoms with E-state index in [1.54, 1.807) is 41.7 Å². The number of imidazole rings is 1. The van der Waals surface area contributed by atoms with Crippen molar-refractivity contribution in [1.29, 1.82) is 0 Å². The summed E-state index contributed by atoms with van der Waals surface area (Å²) in [7, 11) is 1.85. The number of aryl methyl sites for hydroxylation is 1. The van der Waals surface area contributed by atoms with Crippen LogP contribution in [0.25, 0.3) is 5.65 Å². The molecule has 1 atom stereocenters. The summed E-state index contributed by atoms with van der Waals surface area (Å²) < 4.78 is 3.19. The number of fused-ring (bicyclic) bond motifs is 1. The Hall–Kier alpha value is -3.00. The molecule has 0 spiro atoms. The molecule has 1 unspecified atom stereocenters. The fourth-order valence-electron chi connectivity index (χ4n) is 3.63. The van der Waals surface area contributed by atoms with Crippen LogP contribution in [0, 0.1) is 5.92 Å². The zero-order valence-corrected chi connectivity index (χ0v) is 15.0. The third-order valence-electron chi connectivity index (χ3n) is 5.24. The van der Waals surface area contributed by atoms with Gasteiger partial charge in [0.2, 0.25) is 0 Å². The molecule has 8 nitrogen and oxygen atoms in total. The molecule has 1 fully saturated rings. The van der Waals surface area contributed by atoms with E-state index in [0.29, 0.717) is 37.4 Å². The Morgan fingerprint density at radius 1 is 1.22 bits per heavy atom. The molecule has 1 aliphatic heterocycles. The predicted octanol–water partition coefficient (Wildman–Crippen LogP) is 1.01. The van der Waals surface area contributed by atoms with E-state index in [-0.39, 0.29) is 22.9 Å². The summed E-state index contributed by atoms with van der Waals surface area (Å²) in [6.45, 7) is 0.976. The van der Waals surface area contributed by atoms with Gasteiger partial charge in [0.25, 0.3) is 11.5 Å². The Bertz CT molecular complexity index is 1030. The van der Waals surface area contributed by atoms with Gasteiger partial charge in [-0.05, 0) is 30.9 Å². The van der Waals surface area contributed by atoms with Crippen molar-refractivity contribution in [3.63, 3.8) is 0 Å². The highest BCUT2D eigenvalue weighted by atomic mass is 16.3. The molecule has 0 aliphatic carbocycles. The Kier molecular flexibility index (Phi) is 4.49. The first kappa shape index (κ1) is 17.4. The van der Waals surface area contributed by atoms with Crippen LogP contribution in [0.2, 0.25) is 0 Å². The fourth-order valence-corrected chi connectivity index (χ4v) is 3.63. The van der Waals surface area contributed by atoms with Crippen LogP contribution in [-0.2, 0) is 7.05 Å². The largest absolute Gasteiger partial charge is 0.385 e. The van der Waals surface area contributed by atoms with E-state index in [1.165, 1.54) is 10.6 Å². The molecule has 0 saturated carbocycles. The van der Waals surface area contributed by atoms with E-state index in [4.69, 9.17) is 0 Å². The molecule has 1 N–H and O–H groups in total. The van der Waals surface area contributed by atoms with E-state index < -0.39 is 6.10 Å². The quantitative estimate of drug-likeness (QED) is 0.746. The molecule has 8 heteroatoms. The lowest BCUT2D eigenvalue weighted by atomic mass is 9.90. The van der Waals surface area contributed by atoms with Gasteiger partial charge in [-0.1, -0.05) is 6.07 Å². The minimum atomic E-state index is -0.657. The van der Waals surface area contributed by atoms with Crippen LogP contribution >= 0.6 is 0 Å². The number of carbonyl (C=O) groups is 1. The second-order valence-corrected chi connectivity index (χ2v) is 6.88. The fraction of sp³-hybridized carbons (Fsp3) is 0.368. The summed E-state index contributed by atoms with van der Waals surface area (Å²) >= 11 is 0. The van der Waals surface area contributed by atoms with Gasteiger partial charge >= 0.3 is 0 Å². The lowest BCUT2D eigenvalue weighted by molar-refractivity contribution is 0.0419. The maximum Gasteiger partial charge on any atom is 0.270 e. The number of pyridine rings is 1. The third-order valence-corrected chi connectivity index (χ3v) is 5.24. The maximum atomic E-state index is 12.8. The minimum absolute atomic E-state index is 0.0333. The van der Waals surface area contributed by atoms with Crippen molar-refractivity contribution in [2.75, 3.05) is 13.1 Å². The molecule has 3 aromatic heterocycles. The van der Waals surface area contributed by atoms with Crippen molar-refractivity contribution >= 4 is 11.6 Å². The van der Waals surface area contributed by atoms with Gasteiger partial charge in [-0.15, -0.1) is 0 Å². The Morgan fingerprint density at radius 2 is 2.00 bits per heavy atom. The standard InChI is InChI=1S/C19H21N5O3/c1-22-11-7-20-17(22)16(25)13-5-9-23(10-6-13)18(26)14-12-21-15-4-2-3-8-24(15)19(14)27/h2-4,7-8,11-13,16,25H,5-6,9-10H2,1H3. The highest BCUT2D eigenvalue weighted by Gasteiger charge is 2.31. The van der Waals surface area contributed by atoms with E-state index in [1.807, 2.05) is 11.6 Å². The van der Waals surface area contributed by atoms with Crippen molar-refractivity contribution in [2.45, 2.75) is 18.9 Å². The molecule has 27 heavy (non-hydrogen) atoms. The number of piperidine rings is 1. The topological polar surface area (TPSA) is 92.7 Å². The Labute approximate surface area is 155 Å². The average molecular weight is 367 g/mol. The zero-order valence-electron chi connectivity index (χ0n) is 15.0. The van der Waals surface area contributed by atoms with Gasteiger partial charge in [-0.2, -0.15) is 0 Å². The highest BCUT2D eigenvalue weighted by Crippen LogP contribution is 2.30. The van der Waals surface area contributed by atoms with Crippen LogP contribution in [-0.4, -0.2) is 47.9 Å². The predicted molar refractivity (Wildman–Crippen MR) is 98.3 cm³/mol. The van der Waals surface area contributed by atoms with Gasteiger partial charge in [0.15, 0.2) is 0 Å². The zero-order chi connectivity index (χ0) is 19.0. The molecule has 0 bridgehead atoms. The van der Waals surface area contributed by atoms with Gasteiger partial charge in [0.05, 0.1) is 0 Å². The van der Waals surface area contributed by atoms with Crippen molar-refractivity contribution in [1.82, 2.24) is 23.8 Å². The number of amides is 1. The van der Waals surface area contributed by atoms with Crippen LogP contribution in [0.5, 0.6) is 0 Å². The molecular weight excluding hydrogens is 346 g/mol. The highest BCUT2D eigenvalue weighted by molar-refractivity contribution is 5.93. The number of carbonyl (C=O) groups excluding carboxylic acids is 1. The van der Waals surface area contributed by atoms with Gasteiger partial charge in [-0.3, -0.25) is 14.0 Å². The summed E-state index contributed by atoms with van der Waals surface area (Å²) in [5.41, 5.74) is 0.221. The smallest absolute Gasteiger partial charge is 0.270 e. The summed E-state index contributed by atoms with van der Waals surface area (Å²) in [5, 5.41) is 10.6. The van der Waals surface area contributed by atoms with Crippen LogP contribution in [0.1, 0.15) is 35.1 Å². The van der Waals surface area contributed by atoms with Crippen molar-refractivity contribution < 1.29 is 9.90 Å². The summed E-state index contributed by atoms with van der Waals surface area (Å²) in [6.07, 6.45) is 7.08. The number of hydrogen-bond acceptors (Lipinski definition) is 5. The number of aromatic nitrogens is 4. The molecule has 1 aliphatic rings. The van der Waals surface area contributed by atoms with Crippen LogP contribution in [0.15, 0.2) is 47.8 Å². The molecule has 0 radical (unpaired) electrons. The van der Waals surface area contributed by atoms with E-state index in [2.05, 4.69) is 9.97 Å². The van der Waals surface area contributed by atoms with Gasteiger partial charge < -0.3 is 14.6 Å². The summed E-state index contributed by atoms with van der Waals surface area (Å²) in [4.78, 5) is 35.5. The van der Waals surface area contributed by atoms with Crippen LogP contribution < -0.4 is 5.56 Å². The maximum absolute atomic E-state index is 12.8. The number of likely N-dealkylation sites (tertiary alicyclic amines) is 1. The minimum Gasteiger partial charge on any atom is -0.385 e. The molecule has 140 valence electrons. The molecular formula is C19H21N5O3. The SMILES string of the molecule is Cn1ccnc1C(O)C1CCN(C(=O)c2cnc3ccccn3c2=O)CC1. The molecule has 1 saturated heterocycles. The lowest BCUT2D eigenvalue weighted by Crippen LogP contribution is -2.42. The van der Waals surface area contributed by atoms with Gasteiger partial charge in [0.1, 0.15) is 23.1 Å². The molecule has 1 amide bonds. The number of aliphatic hydroxyl groups is 1. The number of nitrogens with zero attached hydrogens (tertiary/aromatic N) is 5. The van der Waals surface area contributed by atoms with Crippen LogP contribution in [0.3, 0.4) is 0 Å². The first-order chi connectivity index (χ1) is 13.1. The summed E-state index contributed by atoms with van der Waals surface area (Å²) in [5.74, 6) is 0.360. The first-order valence-electron chi connectivity index (χ1n) is 8.97. The van der Waals surface area contributed by atoms with E-state index in [0.717, 1.165) is 0 Å². The number of aliphatic hydroxyl groups excluding tert-OH is 1. The van der Waals surface area contributed by atoms with Crippen molar-refractivity contribution in [3.8, 4) is 0 Å². The number of hydrogen-bond donors (Lipinski definition) is 1. The second-order valence-electron chi connectivity index (χ2n) is 6.88.